The number of hydrogen-bond acceptors (Lipinski definition) is 6. The summed E-state index contributed by atoms with van der Waals surface area (Å²) in [6, 6.07) is 9.85. The first-order chi connectivity index (χ1) is 13.4. The van der Waals surface area contributed by atoms with Crippen LogP contribution in [0.5, 0.6) is 5.75 Å². The predicted octanol–water partition coefficient (Wildman–Crippen LogP) is 0.910. The molecule has 2 aromatic heterocycles. The number of anilines is 1. The molecule has 0 aliphatic rings. The van der Waals surface area contributed by atoms with Crippen LogP contribution in [0, 0.1) is 0 Å². The van der Waals surface area contributed by atoms with Crippen LogP contribution in [-0.4, -0.2) is 40.3 Å². The van der Waals surface area contributed by atoms with E-state index >= 15 is 0 Å². The van der Waals surface area contributed by atoms with E-state index < -0.39 is 17.2 Å². The lowest BCUT2D eigenvalue weighted by Gasteiger charge is -2.10. The third-order valence-corrected chi connectivity index (χ3v) is 4.18. The average molecular weight is 384 g/mol. The van der Waals surface area contributed by atoms with Crippen molar-refractivity contribution in [2.24, 2.45) is 14.1 Å². The molecule has 9 nitrogen and oxygen atoms in total. The maximum Gasteiger partial charge on any atom is 0.332 e. The molecule has 0 bridgehead atoms. The number of fused-ring (bicyclic) bond motifs is 1. The number of ether oxygens (including phenoxy) is 2. The fraction of sp³-hybridized carbons (Fsp3) is 0.263. The Morgan fingerprint density at radius 3 is 2.64 bits per heavy atom. The Bertz CT molecular complexity index is 1150. The number of benzene rings is 1. The third-order valence-electron chi connectivity index (χ3n) is 4.18. The zero-order valence-electron chi connectivity index (χ0n) is 15.8. The topological polar surface area (TPSA) is 104 Å². The number of aryl methyl sites for hydroxylation is 1. The molecule has 1 N–H and O–H groups in total. The van der Waals surface area contributed by atoms with Gasteiger partial charge in [0, 0.05) is 33.0 Å². The Hall–Kier alpha value is -3.46. The smallest absolute Gasteiger partial charge is 0.332 e. The van der Waals surface area contributed by atoms with Gasteiger partial charge in [-0.05, 0) is 24.3 Å². The molecule has 0 atom stereocenters. The molecule has 3 rings (SSSR count). The molecule has 0 spiro atoms. The Morgan fingerprint density at radius 2 is 1.89 bits per heavy atom. The predicted molar refractivity (Wildman–Crippen MR) is 104 cm³/mol. The summed E-state index contributed by atoms with van der Waals surface area (Å²) in [6.07, 6.45) is 0. The zero-order chi connectivity index (χ0) is 20.3. The van der Waals surface area contributed by atoms with Gasteiger partial charge in [-0.3, -0.25) is 18.7 Å². The molecule has 28 heavy (non-hydrogen) atoms. The number of carbonyl (C=O) groups is 1. The van der Waals surface area contributed by atoms with Gasteiger partial charge in [0.1, 0.15) is 23.7 Å². The highest BCUT2D eigenvalue weighted by molar-refractivity contribution is 6.03. The van der Waals surface area contributed by atoms with Gasteiger partial charge in [0.15, 0.2) is 0 Å². The molecule has 9 heteroatoms. The second-order valence-electron chi connectivity index (χ2n) is 6.10. The van der Waals surface area contributed by atoms with Gasteiger partial charge < -0.3 is 14.8 Å². The molecule has 1 aromatic carbocycles. The molecular formula is C19H20N4O5. The van der Waals surface area contributed by atoms with Crippen molar-refractivity contribution in [2.75, 3.05) is 25.6 Å². The summed E-state index contributed by atoms with van der Waals surface area (Å²) in [5, 5.41) is 2.99. The number of pyridine rings is 1. The molecule has 2 heterocycles. The van der Waals surface area contributed by atoms with Crippen molar-refractivity contribution < 1.29 is 14.3 Å². The average Bonchev–Trinajstić information content (AvgIpc) is 2.70. The summed E-state index contributed by atoms with van der Waals surface area (Å²) in [5.41, 5.74) is -0.208. The van der Waals surface area contributed by atoms with Crippen LogP contribution in [0.3, 0.4) is 0 Å². The van der Waals surface area contributed by atoms with Gasteiger partial charge in [-0.2, -0.15) is 0 Å². The third kappa shape index (κ3) is 3.79. The second kappa shape index (κ2) is 8.05. The van der Waals surface area contributed by atoms with E-state index in [1.807, 2.05) is 0 Å². The number of amides is 1. The van der Waals surface area contributed by atoms with Gasteiger partial charge >= 0.3 is 5.69 Å². The Balaban J connectivity index is 1.87. The minimum absolute atomic E-state index is 0.0847. The molecule has 0 radical (unpaired) electrons. The number of rotatable bonds is 6. The van der Waals surface area contributed by atoms with Crippen molar-refractivity contribution >= 4 is 22.6 Å². The summed E-state index contributed by atoms with van der Waals surface area (Å²) >= 11 is 0. The molecule has 3 aromatic rings. The first-order valence-electron chi connectivity index (χ1n) is 8.52. The van der Waals surface area contributed by atoms with Crippen molar-refractivity contribution in [3.05, 3.63) is 62.9 Å². The van der Waals surface area contributed by atoms with E-state index in [4.69, 9.17) is 9.47 Å². The van der Waals surface area contributed by atoms with Crippen LogP contribution in [0.2, 0.25) is 0 Å². The Labute approximate surface area is 160 Å². The van der Waals surface area contributed by atoms with E-state index in [-0.39, 0.29) is 16.7 Å². The van der Waals surface area contributed by atoms with Crippen LogP contribution in [-0.2, 0) is 18.8 Å². The lowest BCUT2D eigenvalue weighted by Crippen LogP contribution is -2.37. The molecule has 0 fully saturated rings. The van der Waals surface area contributed by atoms with Crippen LogP contribution >= 0.6 is 0 Å². The monoisotopic (exact) mass is 384 g/mol. The number of carbonyl (C=O) groups excluding carboxylic acids is 1. The van der Waals surface area contributed by atoms with Crippen molar-refractivity contribution in [1.82, 2.24) is 14.1 Å². The standard InChI is InChI=1S/C19H20N4O5/c1-22-16-14(18(25)23(2)19(22)26)7-8-15(21-16)17(24)20-12-5-4-6-13(11-12)28-10-9-27-3/h4-8,11H,9-10H2,1-3H3,(H,20,24). The SMILES string of the molecule is COCCOc1cccc(NC(=O)c2ccc3c(=O)n(C)c(=O)n(C)c3n2)c1. The van der Waals surface area contributed by atoms with Gasteiger partial charge in [0.05, 0.1) is 12.0 Å². The highest BCUT2D eigenvalue weighted by atomic mass is 16.5. The summed E-state index contributed by atoms with van der Waals surface area (Å²) in [4.78, 5) is 41.1. The van der Waals surface area contributed by atoms with Gasteiger partial charge in [0.25, 0.3) is 11.5 Å². The number of hydrogen-bond donors (Lipinski definition) is 1. The lowest BCUT2D eigenvalue weighted by molar-refractivity contribution is 0.102. The van der Waals surface area contributed by atoms with E-state index in [2.05, 4.69) is 10.3 Å². The molecule has 0 aliphatic heterocycles. The Kier molecular flexibility index (Phi) is 5.55. The number of nitrogens with one attached hydrogen (secondary N) is 1. The highest BCUT2D eigenvalue weighted by Gasteiger charge is 2.14. The maximum atomic E-state index is 12.6. The number of nitrogens with zero attached hydrogens (tertiary/aromatic N) is 3. The Morgan fingerprint density at radius 1 is 1.11 bits per heavy atom. The van der Waals surface area contributed by atoms with Gasteiger partial charge in [-0.1, -0.05) is 6.07 Å². The largest absolute Gasteiger partial charge is 0.491 e. The van der Waals surface area contributed by atoms with E-state index in [1.165, 1.54) is 30.8 Å². The molecular weight excluding hydrogens is 364 g/mol. The number of methoxy groups -OCH3 is 1. The summed E-state index contributed by atoms with van der Waals surface area (Å²) in [6.45, 7) is 0.846. The minimum Gasteiger partial charge on any atom is -0.491 e. The minimum atomic E-state index is -0.511. The molecule has 0 unspecified atom stereocenters. The molecule has 146 valence electrons. The van der Waals surface area contributed by atoms with Gasteiger partial charge in [0.2, 0.25) is 0 Å². The quantitative estimate of drug-likeness (QED) is 0.634. The van der Waals surface area contributed by atoms with Crippen LogP contribution in [0.1, 0.15) is 10.5 Å². The first-order valence-corrected chi connectivity index (χ1v) is 8.52. The van der Waals surface area contributed by atoms with Crippen molar-refractivity contribution in [2.45, 2.75) is 0 Å². The molecule has 1 amide bonds. The van der Waals surface area contributed by atoms with Crippen LogP contribution in [0.25, 0.3) is 11.0 Å². The van der Waals surface area contributed by atoms with Crippen LogP contribution in [0.4, 0.5) is 5.69 Å². The molecule has 0 aliphatic carbocycles. The van der Waals surface area contributed by atoms with Crippen molar-refractivity contribution in [3.8, 4) is 5.75 Å². The van der Waals surface area contributed by atoms with Gasteiger partial charge in [-0.25, -0.2) is 9.78 Å². The fourth-order valence-electron chi connectivity index (χ4n) is 2.68. The molecule has 0 saturated heterocycles. The normalized spacial score (nSPS) is 10.8. The van der Waals surface area contributed by atoms with Crippen LogP contribution in [0.15, 0.2) is 46.0 Å². The van der Waals surface area contributed by atoms with Crippen LogP contribution < -0.4 is 21.3 Å². The molecule has 0 saturated carbocycles. The van der Waals surface area contributed by atoms with Crippen molar-refractivity contribution in [1.29, 1.82) is 0 Å². The van der Waals surface area contributed by atoms with E-state index in [1.54, 1.807) is 31.4 Å². The summed E-state index contributed by atoms with van der Waals surface area (Å²) < 4.78 is 12.7. The fourth-order valence-corrected chi connectivity index (χ4v) is 2.68. The maximum absolute atomic E-state index is 12.6. The highest BCUT2D eigenvalue weighted by Crippen LogP contribution is 2.18. The van der Waals surface area contributed by atoms with E-state index in [0.717, 1.165) is 4.57 Å². The number of aromatic nitrogens is 3. The zero-order valence-corrected chi connectivity index (χ0v) is 15.8. The van der Waals surface area contributed by atoms with Crippen molar-refractivity contribution in [3.63, 3.8) is 0 Å². The summed E-state index contributed by atoms with van der Waals surface area (Å²) in [5.74, 6) is 0.122. The lowest BCUT2D eigenvalue weighted by atomic mass is 10.2. The first kappa shape index (κ1) is 19.3. The summed E-state index contributed by atoms with van der Waals surface area (Å²) in [7, 11) is 4.48. The second-order valence-corrected chi connectivity index (χ2v) is 6.10. The van der Waals surface area contributed by atoms with E-state index in [0.29, 0.717) is 24.7 Å². The van der Waals surface area contributed by atoms with Gasteiger partial charge in [-0.15, -0.1) is 0 Å². The van der Waals surface area contributed by atoms with E-state index in [9.17, 15) is 14.4 Å².